The van der Waals surface area contributed by atoms with Crippen molar-refractivity contribution in [1.82, 2.24) is 0 Å². The SMILES string of the molecule is [Sm].[c-]1[c-][c-][cH-][c-]1.[c-]1[c-][c-][cH-][c-]1.[c-]1[c-][c-][cH-][c-]1. The molecule has 0 unspecified atom stereocenters. The van der Waals surface area contributed by atoms with Crippen molar-refractivity contribution in [2.75, 3.05) is 0 Å². The predicted octanol–water partition coefficient (Wildman–Crippen LogP) is 1.82. The Bertz CT molecular complexity index is 237. The first-order valence-electron chi connectivity index (χ1n) is 3.98. The zero-order valence-corrected chi connectivity index (χ0v) is 10.8. The van der Waals surface area contributed by atoms with Crippen LogP contribution in [0.5, 0.6) is 0 Å². The third kappa shape index (κ3) is 9.92. The largest absolute Gasteiger partial charge is 0.999 e. The third-order valence-corrected chi connectivity index (χ3v) is 1.05. The first kappa shape index (κ1) is 15.4. The second-order valence-electron chi connectivity index (χ2n) is 2.05. The van der Waals surface area contributed by atoms with Crippen molar-refractivity contribution in [3.63, 3.8) is 0 Å². The Morgan fingerprint density at radius 3 is 0.625 bits per heavy atom. The molecule has 3 aromatic carbocycles. The van der Waals surface area contributed by atoms with Crippen LogP contribution in [0.3, 0.4) is 0 Å². The van der Waals surface area contributed by atoms with E-state index in [2.05, 4.69) is 72.8 Å². The van der Waals surface area contributed by atoms with Gasteiger partial charge in [0.1, 0.15) is 0 Å². The van der Waals surface area contributed by atoms with Crippen LogP contribution in [0.15, 0.2) is 18.2 Å². The van der Waals surface area contributed by atoms with E-state index in [1.807, 2.05) is 0 Å². The van der Waals surface area contributed by atoms with Gasteiger partial charge >= 0.3 is 0 Å². The molecular formula is C15H3Sm-15. The van der Waals surface area contributed by atoms with E-state index in [1.165, 1.54) is 0 Å². The van der Waals surface area contributed by atoms with Crippen molar-refractivity contribution < 1.29 is 40.4 Å². The van der Waals surface area contributed by atoms with E-state index in [0.717, 1.165) is 0 Å². The minimum atomic E-state index is 0. The van der Waals surface area contributed by atoms with Gasteiger partial charge in [0.15, 0.2) is 0 Å². The number of hydrogen-bond donors (Lipinski definition) is 0. The summed E-state index contributed by atoms with van der Waals surface area (Å²) < 4.78 is 0. The summed E-state index contributed by atoms with van der Waals surface area (Å²) in [5, 5.41) is 0. The Morgan fingerprint density at radius 2 is 0.562 bits per heavy atom. The maximum atomic E-state index is 2.62. The summed E-state index contributed by atoms with van der Waals surface area (Å²) in [5.41, 5.74) is 0. The average molecular weight is 334 g/mol. The molecule has 3 rings (SSSR count). The fourth-order valence-electron chi connectivity index (χ4n) is 0.541. The molecule has 0 aliphatic rings. The number of rotatable bonds is 0. The molecular weight excluding hydrogens is 331 g/mol. The number of hydrogen-bond acceptors (Lipinski definition) is 0. The molecule has 84 valence electrons. The summed E-state index contributed by atoms with van der Waals surface area (Å²) in [6, 6.07) is 36.0. The summed E-state index contributed by atoms with van der Waals surface area (Å²) in [5.74, 6) is 0. The molecule has 0 amide bonds. The fourth-order valence-corrected chi connectivity index (χ4v) is 0.541. The summed E-state index contributed by atoms with van der Waals surface area (Å²) in [6.07, 6.45) is 0. The van der Waals surface area contributed by atoms with E-state index in [9.17, 15) is 0 Å². The summed E-state index contributed by atoms with van der Waals surface area (Å²) >= 11 is 0. The molecule has 0 aliphatic heterocycles. The van der Waals surface area contributed by atoms with Crippen molar-refractivity contribution in [1.29, 1.82) is 0 Å². The fraction of sp³-hybridized carbons (Fsp3) is 0. The van der Waals surface area contributed by atoms with Crippen LogP contribution in [0.1, 0.15) is 0 Å². The van der Waals surface area contributed by atoms with E-state index in [0.29, 0.717) is 0 Å². The van der Waals surface area contributed by atoms with E-state index >= 15 is 0 Å². The molecule has 0 aliphatic carbocycles. The molecule has 0 bridgehead atoms. The average Bonchev–Trinajstić information content (AvgIpc) is 3.09. The van der Waals surface area contributed by atoms with Gasteiger partial charge in [0.25, 0.3) is 0 Å². The molecule has 0 N–H and O–H groups in total. The van der Waals surface area contributed by atoms with Crippen molar-refractivity contribution >= 4 is 0 Å². The van der Waals surface area contributed by atoms with Crippen molar-refractivity contribution in [2.45, 2.75) is 0 Å². The van der Waals surface area contributed by atoms with E-state index in [-0.39, 0.29) is 40.4 Å². The molecule has 0 nitrogen and oxygen atoms in total. The topological polar surface area (TPSA) is 0 Å². The van der Waals surface area contributed by atoms with Gasteiger partial charge in [-0.1, -0.05) is 0 Å². The van der Waals surface area contributed by atoms with Crippen LogP contribution in [0.2, 0.25) is 0 Å². The minimum Gasteiger partial charge on any atom is -0.999 e. The molecule has 0 aromatic heterocycles. The Morgan fingerprint density at radius 1 is 0.375 bits per heavy atom. The van der Waals surface area contributed by atoms with Gasteiger partial charge in [-0.2, -0.15) is 0 Å². The summed E-state index contributed by atoms with van der Waals surface area (Å²) in [6.45, 7) is 0. The molecule has 3 aromatic rings. The van der Waals surface area contributed by atoms with Crippen LogP contribution in [0.25, 0.3) is 0 Å². The van der Waals surface area contributed by atoms with E-state index in [4.69, 9.17) is 0 Å². The zero-order chi connectivity index (χ0) is 10.6. The van der Waals surface area contributed by atoms with Gasteiger partial charge in [0, 0.05) is 40.4 Å². The van der Waals surface area contributed by atoms with Crippen LogP contribution < -0.4 is 0 Å². The molecule has 0 saturated heterocycles. The molecule has 0 saturated carbocycles. The van der Waals surface area contributed by atoms with Gasteiger partial charge in [-0.05, 0) is 0 Å². The monoisotopic (exact) mass is 335 g/mol. The Hall–Kier alpha value is -0.612. The Balaban J connectivity index is 0.000000205. The molecule has 0 atom stereocenters. The van der Waals surface area contributed by atoms with E-state index < -0.39 is 0 Å². The molecule has 16 heavy (non-hydrogen) atoms. The predicted molar refractivity (Wildman–Crippen MR) is 52.1 cm³/mol. The van der Waals surface area contributed by atoms with Crippen LogP contribution >= 0.6 is 0 Å². The van der Waals surface area contributed by atoms with Crippen molar-refractivity contribution in [3.8, 4) is 0 Å². The quantitative estimate of drug-likeness (QED) is 0.551. The molecule has 1 heteroatoms. The Kier molecular flexibility index (Phi) is 12.0. The van der Waals surface area contributed by atoms with Crippen LogP contribution in [0, 0.1) is 113 Å². The van der Waals surface area contributed by atoms with Crippen molar-refractivity contribution in [3.05, 3.63) is 91.0 Å². The smallest absolute Gasteiger partial charge is 0 e. The second kappa shape index (κ2) is 12.5. The standard InChI is InChI=1S/3C5H.Sm/c3*1-2-4-5-3-1;/h3*1H;/q3*-5;. The van der Waals surface area contributed by atoms with Crippen LogP contribution in [-0.2, 0) is 0 Å². The summed E-state index contributed by atoms with van der Waals surface area (Å²) in [4.78, 5) is 0. The first-order chi connectivity index (χ1) is 7.50. The summed E-state index contributed by atoms with van der Waals surface area (Å²) in [7, 11) is 0. The molecule has 0 fully saturated rings. The van der Waals surface area contributed by atoms with Gasteiger partial charge in [-0.3, -0.25) is 0 Å². The van der Waals surface area contributed by atoms with Gasteiger partial charge in [0.2, 0.25) is 0 Å². The normalized spacial score (nSPS) is 7.50. The first-order valence-corrected chi connectivity index (χ1v) is 3.98. The molecule has 0 radical (unpaired) electrons. The van der Waals surface area contributed by atoms with Gasteiger partial charge in [-0.25, -0.2) is 0 Å². The van der Waals surface area contributed by atoms with Crippen LogP contribution in [0.4, 0.5) is 0 Å². The third-order valence-electron chi connectivity index (χ3n) is 1.05. The van der Waals surface area contributed by atoms with Gasteiger partial charge < -0.3 is 91.0 Å². The van der Waals surface area contributed by atoms with Crippen molar-refractivity contribution in [2.24, 2.45) is 0 Å². The molecule has 0 heterocycles. The van der Waals surface area contributed by atoms with Gasteiger partial charge in [0.05, 0.1) is 0 Å². The van der Waals surface area contributed by atoms with Gasteiger partial charge in [-0.15, -0.1) is 0 Å². The van der Waals surface area contributed by atoms with E-state index in [1.54, 1.807) is 18.2 Å². The Labute approximate surface area is 130 Å². The van der Waals surface area contributed by atoms with Crippen LogP contribution in [-0.4, -0.2) is 0 Å². The zero-order valence-electron chi connectivity index (χ0n) is 8.14. The maximum Gasteiger partial charge on any atom is 0 e. The molecule has 0 spiro atoms. The maximum absolute atomic E-state index is 2.62. The minimum absolute atomic E-state index is 0. The second-order valence-corrected chi connectivity index (χ2v) is 2.05.